The molecule has 0 aromatic carbocycles. The summed E-state index contributed by atoms with van der Waals surface area (Å²) in [5, 5.41) is 0. The molecule has 0 aliphatic carbocycles. The molecule has 1 fully saturated rings. The molecule has 19 heavy (non-hydrogen) atoms. The van der Waals surface area contributed by atoms with Gasteiger partial charge in [-0.2, -0.15) is 0 Å². The van der Waals surface area contributed by atoms with Gasteiger partial charge >= 0.3 is 5.97 Å². The van der Waals surface area contributed by atoms with E-state index in [2.05, 4.69) is 4.74 Å². The van der Waals surface area contributed by atoms with E-state index in [9.17, 15) is 14.4 Å². The van der Waals surface area contributed by atoms with Crippen molar-refractivity contribution >= 4 is 17.8 Å². The molecule has 0 saturated carbocycles. The highest BCUT2D eigenvalue weighted by molar-refractivity contribution is 5.90. The Kier molecular flexibility index (Phi) is 5.75. The zero-order valence-electron chi connectivity index (χ0n) is 11.5. The molecule has 2 amide bonds. The Hall–Kier alpha value is -1.63. The number of hydrogen-bond donors (Lipinski definition) is 0. The van der Waals surface area contributed by atoms with Crippen molar-refractivity contribution in [3.8, 4) is 0 Å². The second-order valence-electron chi connectivity index (χ2n) is 4.50. The number of rotatable bonds is 6. The van der Waals surface area contributed by atoms with Crippen LogP contribution < -0.4 is 0 Å². The van der Waals surface area contributed by atoms with E-state index in [4.69, 9.17) is 4.74 Å². The van der Waals surface area contributed by atoms with Gasteiger partial charge in [0.1, 0.15) is 6.54 Å². The monoisotopic (exact) mass is 272 g/mol. The zero-order chi connectivity index (χ0) is 14.4. The highest BCUT2D eigenvalue weighted by atomic mass is 16.5. The van der Waals surface area contributed by atoms with Crippen molar-refractivity contribution in [3.05, 3.63) is 0 Å². The van der Waals surface area contributed by atoms with Crippen LogP contribution in [0.25, 0.3) is 0 Å². The molecule has 7 nitrogen and oxygen atoms in total. The lowest BCUT2D eigenvalue weighted by Gasteiger charge is -2.20. The number of methoxy groups -OCH3 is 2. The number of hydrogen-bond acceptors (Lipinski definition) is 5. The minimum Gasteiger partial charge on any atom is -0.468 e. The molecule has 1 saturated heterocycles. The van der Waals surface area contributed by atoms with Crippen molar-refractivity contribution in [2.24, 2.45) is 5.92 Å². The van der Waals surface area contributed by atoms with Gasteiger partial charge in [0, 0.05) is 33.7 Å². The topological polar surface area (TPSA) is 76.2 Å². The Morgan fingerprint density at radius 2 is 2.11 bits per heavy atom. The van der Waals surface area contributed by atoms with Crippen LogP contribution in [0.2, 0.25) is 0 Å². The molecule has 7 heteroatoms. The van der Waals surface area contributed by atoms with Gasteiger partial charge in [0.25, 0.3) is 0 Å². The smallest absolute Gasteiger partial charge is 0.325 e. The van der Waals surface area contributed by atoms with Crippen molar-refractivity contribution in [1.29, 1.82) is 0 Å². The quantitative estimate of drug-likeness (QED) is 0.586. The van der Waals surface area contributed by atoms with Crippen molar-refractivity contribution < 1.29 is 23.9 Å². The van der Waals surface area contributed by atoms with Crippen LogP contribution in [-0.4, -0.2) is 75.1 Å². The second-order valence-corrected chi connectivity index (χ2v) is 4.50. The minimum atomic E-state index is -0.476. The number of likely N-dealkylation sites (N-methyl/N-ethyl adjacent to an activating group) is 1. The van der Waals surface area contributed by atoms with Gasteiger partial charge in [-0.3, -0.25) is 14.4 Å². The van der Waals surface area contributed by atoms with Crippen LogP contribution in [-0.2, 0) is 23.9 Å². The summed E-state index contributed by atoms with van der Waals surface area (Å²) < 4.78 is 9.41. The van der Waals surface area contributed by atoms with Gasteiger partial charge in [-0.25, -0.2) is 0 Å². The van der Waals surface area contributed by atoms with E-state index >= 15 is 0 Å². The number of esters is 1. The van der Waals surface area contributed by atoms with Crippen LogP contribution in [0.4, 0.5) is 0 Å². The summed E-state index contributed by atoms with van der Waals surface area (Å²) in [6.07, 6.45) is 0.189. The van der Waals surface area contributed by atoms with E-state index in [0.29, 0.717) is 19.7 Å². The Bertz CT molecular complexity index is 358. The first-order valence-electron chi connectivity index (χ1n) is 6.08. The molecule has 0 aromatic heterocycles. The number of carbonyl (C=O) groups excluding carboxylic acids is 3. The molecule has 0 spiro atoms. The Morgan fingerprint density at radius 1 is 1.42 bits per heavy atom. The molecule has 1 heterocycles. The first kappa shape index (κ1) is 15.4. The van der Waals surface area contributed by atoms with Gasteiger partial charge in [-0.1, -0.05) is 0 Å². The second kappa shape index (κ2) is 7.08. The summed E-state index contributed by atoms with van der Waals surface area (Å²) >= 11 is 0. The van der Waals surface area contributed by atoms with Crippen LogP contribution in [0.5, 0.6) is 0 Å². The SMILES string of the molecule is COCCN1CC(C(=O)N(C)CC(=O)OC)CC1=O. The van der Waals surface area contributed by atoms with E-state index in [1.165, 1.54) is 19.1 Å². The van der Waals surface area contributed by atoms with Crippen LogP contribution in [0.1, 0.15) is 6.42 Å². The van der Waals surface area contributed by atoms with Gasteiger partial charge in [0.2, 0.25) is 11.8 Å². The molecular formula is C12H20N2O5. The molecule has 1 atom stereocenters. The lowest BCUT2D eigenvalue weighted by molar-refractivity contribution is -0.147. The van der Waals surface area contributed by atoms with E-state index < -0.39 is 5.97 Å². The summed E-state index contributed by atoms with van der Waals surface area (Å²) in [4.78, 5) is 37.8. The third-order valence-corrected chi connectivity index (χ3v) is 3.10. The van der Waals surface area contributed by atoms with Crippen molar-refractivity contribution in [3.63, 3.8) is 0 Å². The maximum Gasteiger partial charge on any atom is 0.325 e. The molecule has 0 N–H and O–H groups in total. The number of likely N-dealkylation sites (tertiary alicyclic amines) is 1. The highest BCUT2D eigenvalue weighted by Crippen LogP contribution is 2.19. The summed E-state index contributed by atoms with van der Waals surface area (Å²) in [5.74, 6) is -1.13. The Balaban J connectivity index is 2.50. The summed E-state index contributed by atoms with van der Waals surface area (Å²) in [5.41, 5.74) is 0. The van der Waals surface area contributed by atoms with Crippen LogP contribution in [0, 0.1) is 5.92 Å². The van der Waals surface area contributed by atoms with Crippen LogP contribution in [0.3, 0.4) is 0 Å². The molecule has 0 radical (unpaired) electrons. The van der Waals surface area contributed by atoms with Crippen molar-refractivity contribution in [1.82, 2.24) is 9.80 Å². The molecule has 1 aliphatic heterocycles. The molecule has 0 bridgehead atoms. The van der Waals surface area contributed by atoms with Gasteiger partial charge in [0.05, 0.1) is 19.6 Å². The molecule has 1 unspecified atom stereocenters. The summed E-state index contributed by atoms with van der Waals surface area (Å²) in [6, 6.07) is 0. The van der Waals surface area contributed by atoms with E-state index in [1.54, 1.807) is 12.0 Å². The molecule has 1 rings (SSSR count). The number of carbonyl (C=O) groups is 3. The van der Waals surface area contributed by atoms with Crippen LogP contribution in [0.15, 0.2) is 0 Å². The standard InChI is InChI=1S/C12H20N2O5/c1-13(8-11(16)19-3)12(17)9-6-10(15)14(7-9)4-5-18-2/h9H,4-8H2,1-3H3. The fraction of sp³-hybridized carbons (Fsp3) is 0.750. The van der Waals surface area contributed by atoms with Gasteiger partial charge in [-0.15, -0.1) is 0 Å². The molecular weight excluding hydrogens is 252 g/mol. The van der Waals surface area contributed by atoms with Gasteiger partial charge in [0.15, 0.2) is 0 Å². The predicted molar refractivity (Wildman–Crippen MR) is 66.2 cm³/mol. The van der Waals surface area contributed by atoms with Crippen molar-refractivity contribution in [2.45, 2.75) is 6.42 Å². The average Bonchev–Trinajstić information content (AvgIpc) is 2.76. The van der Waals surface area contributed by atoms with Gasteiger partial charge in [-0.05, 0) is 0 Å². The number of amides is 2. The zero-order valence-corrected chi connectivity index (χ0v) is 11.5. The van der Waals surface area contributed by atoms with Crippen molar-refractivity contribution in [2.75, 3.05) is 47.5 Å². The lowest BCUT2D eigenvalue weighted by atomic mass is 10.1. The minimum absolute atomic E-state index is 0.0538. The largest absolute Gasteiger partial charge is 0.468 e. The lowest BCUT2D eigenvalue weighted by Crippen LogP contribution is -2.38. The predicted octanol–water partition coefficient (Wildman–Crippen LogP) is -0.887. The Morgan fingerprint density at radius 3 is 2.68 bits per heavy atom. The number of ether oxygens (including phenoxy) is 2. The third-order valence-electron chi connectivity index (χ3n) is 3.10. The maximum absolute atomic E-state index is 12.1. The highest BCUT2D eigenvalue weighted by Gasteiger charge is 2.35. The van der Waals surface area contributed by atoms with E-state index in [1.807, 2.05) is 0 Å². The first-order chi connectivity index (χ1) is 8.99. The fourth-order valence-corrected chi connectivity index (χ4v) is 2.00. The Labute approximate surface area is 112 Å². The molecule has 108 valence electrons. The third kappa shape index (κ3) is 4.20. The van der Waals surface area contributed by atoms with E-state index in [-0.39, 0.29) is 30.7 Å². The summed E-state index contributed by atoms with van der Waals surface area (Å²) in [7, 11) is 4.36. The van der Waals surface area contributed by atoms with Gasteiger partial charge < -0.3 is 19.3 Å². The maximum atomic E-state index is 12.1. The van der Waals surface area contributed by atoms with E-state index in [0.717, 1.165) is 0 Å². The normalized spacial score (nSPS) is 18.6. The summed E-state index contributed by atoms with van der Waals surface area (Å²) in [6.45, 7) is 1.22. The fourth-order valence-electron chi connectivity index (χ4n) is 2.00. The molecule has 0 aromatic rings. The molecule has 1 aliphatic rings. The first-order valence-corrected chi connectivity index (χ1v) is 6.08. The van der Waals surface area contributed by atoms with Crippen LogP contribution >= 0.6 is 0 Å². The number of nitrogens with zero attached hydrogens (tertiary/aromatic N) is 2. The average molecular weight is 272 g/mol.